The van der Waals surface area contributed by atoms with Gasteiger partial charge in [-0.3, -0.25) is 14.4 Å². The number of likely N-dealkylation sites (tertiary alicyclic amines) is 1. The van der Waals surface area contributed by atoms with Crippen LogP contribution >= 0.6 is 11.8 Å². The van der Waals surface area contributed by atoms with Gasteiger partial charge in [0.05, 0.1) is 16.6 Å². The molecule has 5 atom stereocenters. The van der Waals surface area contributed by atoms with Gasteiger partial charge in [-0.25, -0.2) is 0 Å². The second-order valence-corrected chi connectivity index (χ2v) is 12.1. The number of rotatable bonds is 16. The minimum atomic E-state index is -0.538. The smallest absolute Gasteiger partial charge is 0.247 e. The fourth-order valence-electron chi connectivity index (χ4n) is 6.41. The first-order chi connectivity index (χ1) is 17.4. The first-order valence-electron chi connectivity index (χ1n) is 13.7. The Hall–Kier alpha value is -1.80. The molecule has 2 bridgehead atoms. The first kappa shape index (κ1) is 28.8. The maximum atomic E-state index is 14.2. The Morgan fingerprint density at radius 3 is 2.50 bits per heavy atom. The monoisotopic (exact) mass is 519 g/mol. The summed E-state index contributed by atoms with van der Waals surface area (Å²) in [7, 11) is 1.77. The standard InChI is InChI=1S/C28H45N3O4S/c1-5-8-11-18-30(17-7-3)27(35)24-28-15-14-21(36-28)22(25(33)29(4)16-6-2)23(28)26(34)31(24)19-12-9-10-13-20-32/h6-7,21-24,32H,2-3,5,8-20H2,1,4H3/t21-,22+,23-,24?,28?/m0/s1. The first-order valence-corrected chi connectivity index (χ1v) is 14.6. The number of amides is 3. The van der Waals surface area contributed by atoms with E-state index in [0.29, 0.717) is 26.2 Å². The molecule has 8 heteroatoms. The summed E-state index contributed by atoms with van der Waals surface area (Å²) in [5.41, 5.74) is 0. The Balaban J connectivity index is 1.92. The number of carbonyl (C=O) groups excluding carboxylic acids is 3. The molecular formula is C28H45N3O4S. The van der Waals surface area contributed by atoms with Crippen molar-refractivity contribution in [2.45, 2.75) is 80.7 Å². The quantitative estimate of drug-likeness (QED) is 0.249. The number of hydrogen-bond acceptors (Lipinski definition) is 5. The van der Waals surface area contributed by atoms with Gasteiger partial charge in [-0.05, 0) is 32.1 Å². The molecule has 2 unspecified atom stereocenters. The molecule has 0 aromatic heterocycles. The highest BCUT2D eigenvalue weighted by molar-refractivity contribution is 8.02. The fourth-order valence-corrected chi connectivity index (χ4v) is 8.62. The van der Waals surface area contributed by atoms with Gasteiger partial charge in [0.25, 0.3) is 0 Å². The molecule has 0 aromatic carbocycles. The van der Waals surface area contributed by atoms with Crippen molar-refractivity contribution in [3.63, 3.8) is 0 Å². The summed E-state index contributed by atoms with van der Waals surface area (Å²) in [6, 6.07) is -0.535. The Morgan fingerprint density at radius 2 is 1.83 bits per heavy atom. The summed E-state index contributed by atoms with van der Waals surface area (Å²) >= 11 is 1.73. The van der Waals surface area contributed by atoms with Crippen molar-refractivity contribution < 1.29 is 19.5 Å². The number of aliphatic hydroxyl groups excluding tert-OH is 1. The summed E-state index contributed by atoms with van der Waals surface area (Å²) in [5, 5.41) is 9.19. The molecule has 202 valence electrons. The lowest BCUT2D eigenvalue weighted by atomic mass is 9.70. The second kappa shape index (κ2) is 13.1. The molecule has 3 amide bonds. The topological polar surface area (TPSA) is 81.2 Å². The van der Waals surface area contributed by atoms with Crippen LogP contribution in [0.1, 0.15) is 64.7 Å². The van der Waals surface area contributed by atoms with E-state index in [1.807, 2.05) is 9.80 Å². The summed E-state index contributed by atoms with van der Waals surface area (Å²) in [5.74, 6) is -0.854. The molecule has 3 saturated heterocycles. The molecule has 3 heterocycles. The third-order valence-corrected chi connectivity index (χ3v) is 10.1. The molecule has 0 aliphatic carbocycles. The molecule has 7 nitrogen and oxygen atoms in total. The van der Waals surface area contributed by atoms with Crippen LogP contribution in [0.3, 0.4) is 0 Å². The van der Waals surface area contributed by atoms with Crippen LogP contribution < -0.4 is 0 Å². The van der Waals surface area contributed by atoms with E-state index in [9.17, 15) is 14.4 Å². The average molecular weight is 520 g/mol. The Morgan fingerprint density at radius 1 is 1.11 bits per heavy atom. The lowest BCUT2D eigenvalue weighted by molar-refractivity contribution is -0.144. The lowest BCUT2D eigenvalue weighted by Crippen LogP contribution is -2.55. The SMILES string of the molecule is C=CCN(C)C(=O)[C@@H]1[C@@H]2CCC3(S2)C(C(=O)N(CC=C)CCCCC)N(CCCCCCO)C(=O)[C@H]13. The maximum Gasteiger partial charge on any atom is 0.247 e. The third-order valence-electron chi connectivity index (χ3n) is 8.10. The zero-order valence-electron chi connectivity index (χ0n) is 22.2. The molecule has 0 aromatic rings. The highest BCUT2D eigenvalue weighted by Crippen LogP contribution is 2.66. The minimum Gasteiger partial charge on any atom is -0.396 e. The highest BCUT2D eigenvalue weighted by atomic mass is 32.2. The molecule has 3 aliphatic rings. The van der Waals surface area contributed by atoms with Crippen molar-refractivity contribution in [3.8, 4) is 0 Å². The number of hydrogen-bond donors (Lipinski definition) is 1. The number of aliphatic hydroxyl groups is 1. The van der Waals surface area contributed by atoms with Gasteiger partial charge in [0, 0.05) is 45.1 Å². The second-order valence-electron chi connectivity index (χ2n) is 10.5. The molecule has 0 saturated carbocycles. The minimum absolute atomic E-state index is 0.00536. The van der Waals surface area contributed by atoms with E-state index in [1.165, 1.54) is 0 Å². The number of fused-ring (bicyclic) bond motifs is 1. The highest BCUT2D eigenvalue weighted by Gasteiger charge is 2.73. The number of thioether (sulfide) groups is 1. The number of unbranched alkanes of at least 4 members (excludes halogenated alkanes) is 5. The van der Waals surface area contributed by atoms with E-state index in [4.69, 9.17) is 5.11 Å². The molecule has 3 aliphatic heterocycles. The molecule has 0 radical (unpaired) electrons. The van der Waals surface area contributed by atoms with E-state index in [-0.39, 0.29) is 35.5 Å². The Labute approximate surface area is 221 Å². The van der Waals surface area contributed by atoms with Crippen LogP contribution in [-0.2, 0) is 14.4 Å². The number of nitrogens with zero attached hydrogens (tertiary/aromatic N) is 3. The Bertz CT molecular complexity index is 821. The predicted molar refractivity (Wildman–Crippen MR) is 146 cm³/mol. The van der Waals surface area contributed by atoms with E-state index >= 15 is 0 Å². The van der Waals surface area contributed by atoms with Crippen molar-refractivity contribution in [2.24, 2.45) is 11.8 Å². The van der Waals surface area contributed by atoms with Crippen molar-refractivity contribution in [3.05, 3.63) is 25.3 Å². The van der Waals surface area contributed by atoms with Crippen molar-refractivity contribution in [2.75, 3.05) is 39.8 Å². The van der Waals surface area contributed by atoms with E-state index in [2.05, 4.69) is 20.1 Å². The molecule has 3 fully saturated rings. The third kappa shape index (κ3) is 5.54. The molecule has 1 spiro atoms. The van der Waals surface area contributed by atoms with Gasteiger partial charge in [0.15, 0.2) is 0 Å². The summed E-state index contributed by atoms with van der Waals surface area (Å²) in [6.45, 7) is 12.0. The Kier molecular flexibility index (Phi) is 10.5. The van der Waals surface area contributed by atoms with Crippen LogP contribution in [0.4, 0.5) is 0 Å². The predicted octanol–water partition coefficient (Wildman–Crippen LogP) is 3.48. The van der Waals surface area contributed by atoms with Crippen molar-refractivity contribution in [1.82, 2.24) is 14.7 Å². The summed E-state index contributed by atoms with van der Waals surface area (Å²) in [4.78, 5) is 47.1. The zero-order valence-corrected chi connectivity index (χ0v) is 23.0. The van der Waals surface area contributed by atoms with Crippen molar-refractivity contribution in [1.29, 1.82) is 0 Å². The van der Waals surface area contributed by atoms with E-state index < -0.39 is 16.7 Å². The van der Waals surface area contributed by atoms with Gasteiger partial charge in [-0.1, -0.05) is 44.8 Å². The van der Waals surface area contributed by atoms with Gasteiger partial charge < -0.3 is 19.8 Å². The van der Waals surface area contributed by atoms with Gasteiger partial charge in [-0.15, -0.1) is 24.9 Å². The summed E-state index contributed by atoms with van der Waals surface area (Å²) in [6.07, 6.45) is 11.5. The fraction of sp³-hybridized carbons (Fsp3) is 0.750. The lowest BCUT2D eigenvalue weighted by Gasteiger charge is -2.37. The van der Waals surface area contributed by atoms with Crippen LogP contribution in [0, 0.1) is 11.8 Å². The van der Waals surface area contributed by atoms with Gasteiger partial charge >= 0.3 is 0 Å². The van der Waals surface area contributed by atoms with Crippen LogP contribution in [0.15, 0.2) is 25.3 Å². The average Bonchev–Trinajstić information content (AvgIpc) is 3.50. The zero-order chi connectivity index (χ0) is 26.3. The van der Waals surface area contributed by atoms with Crippen LogP contribution in [0.25, 0.3) is 0 Å². The number of carbonyl (C=O) groups is 3. The largest absolute Gasteiger partial charge is 0.396 e. The molecule has 3 rings (SSSR count). The van der Waals surface area contributed by atoms with Gasteiger partial charge in [0.1, 0.15) is 6.04 Å². The van der Waals surface area contributed by atoms with Crippen LogP contribution in [0.5, 0.6) is 0 Å². The van der Waals surface area contributed by atoms with Gasteiger partial charge in [-0.2, -0.15) is 0 Å². The van der Waals surface area contributed by atoms with E-state index in [1.54, 1.807) is 35.9 Å². The molecular weight excluding hydrogens is 474 g/mol. The number of likely N-dealkylation sites (N-methyl/N-ethyl adjacent to an activating group) is 1. The van der Waals surface area contributed by atoms with E-state index in [0.717, 1.165) is 57.8 Å². The van der Waals surface area contributed by atoms with Crippen LogP contribution in [0.2, 0.25) is 0 Å². The van der Waals surface area contributed by atoms with Crippen molar-refractivity contribution >= 4 is 29.5 Å². The normalized spacial score (nSPS) is 28.3. The van der Waals surface area contributed by atoms with Crippen LogP contribution in [-0.4, -0.2) is 93.4 Å². The molecule has 1 N–H and O–H groups in total. The summed E-state index contributed by atoms with van der Waals surface area (Å²) < 4.78 is -0.538. The maximum absolute atomic E-state index is 14.2. The van der Waals surface area contributed by atoms with Gasteiger partial charge in [0.2, 0.25) is 17.7 Å². The molecule has 36 heavy (non-hydrogen) atoms.